The summed E-state index contributed by atoms with van der Waals surface area (Å²) in [7, 11) is 1.74. The van der Waals surface area contributed by atoms with Gasteiger partial charge in [0, 0.05) is 18.5 Å². The van der Waals surface area contributed by atoms with Crippen molar-refractivity contribution in [1.82, 2.24) is 4.90 Å². The number of carboxylic acids is 1. The van der Waals surface area contributed by atoms with Crippen molar-refractivity contribution in [2.45, 2.75) is 19.4 Å². The summed E-state index contributed by atoms with van der Waals surface area (Å²) in [4.78, 5) is 12.1. The maximum Gasteiger partial charge on any atom is 0.303 e. The minimum absolute atomic E-state index is 0.0793. The van der Waals surface area contributed by atoms with Crippen LogP contribution in [0.25, 0.3) is 0 Å². The molecule has 0 bridgehead atoms. The fourth-order valence-corrected chi connectivity index (χ4v) is 1.54. The summed E-state index contributed by atoms with van der Waals surface area (Å²) in [5, 5.41) is 8.47. The number of aliphatic carboxylic acids is 1. The molecule has 94 valence electrons. The molecule has 0 saturated heterocycles. The molecular weight excluding hydrogens is 228 g/mol. The zero-order valence-corrected chi connectivity index (χ0v) is 9.62. The number of halogens is 2. The zero-order valence-electron chi connectivity index (χ0n) is 9.62. The second-order valence-electron chi connectivity index (χ2n) is 3.95. The average molecular weight is 243 g/mol. The van der Waals surface area contributed by atoms with Gasteiger partial charge in [0.15, 0.2) is 11.6 Å². The van der Waals surface area contributed by atoms with Crippen molar-refractivity contribution in [2.75, 3.05) is 13.6 Å². The molecule has 0 aromatic heterocycles. The summed E-state index contributed by atoms with van der Waals surface area (Å²) >= 11 is 0. The molecule has 3 nitrogen and oxygen atoms in total. The van der Waals surface area contributed by atoms with Crippen molar-refractivity contribution in [3.63, 3.8) is 0 Å². The molecule has 0 fully saturated rings. The van der Waals surface area contributed by atoms with Gasteiger partial charge in [0.25, 0.3) is 0 Å². The second-order valence-corrected chi connectivity index (χ2v) is 3.95. The molecule has 1 rings (SSSR count). The van der Waals surface area contributed by atoms with Crippen molar-refractivity contribution in [2.24, 2.45) is 0 Å². The predicted octanol–water partition coefficient (Wildman–Crippen LogP) is 2.26. The summed E-state index contributed by atoms with van der Waals surface area (Å²) in [6, 6.07) is 4.05. The van der Waals surface area contributed by atoms with Gasteiger partial charge in [-0.3, -0.25) is 4.79 Å². The van der Waals surface area contributed by atoms with Crippen LogP contribution in [0.1, 0.15) is 18.4 Å². The fourth-order valence-electron chi connectivity index (χ4n) is 1.54. The van der Waals surface area contributed by atoms with Crippen LogP contribution in [0.15, 0.2) is 18.2 Å². The standard InChI is InChI=1S/C12H15F2NO2/c1-15(7-3-6-11(16)17)8-9-4-2-5-10(13)12(9)14/h2,4-5H,3,6-8H2,1H3,(H,16,17). The van der Waals surface area contributed by atoms with Crippen LogP contribution in [0.4, 0.5) is 8.78 Å². The van der Waals surface area contributed by atoms with E-state index in [1.54, 1.807) is 11.9 Å². The fraction of sp³-hybridized carbons (Fsp3) is 0.417. The lowest BCUT2D eigenvalue weighted by Crippen LogP contribution is -2.20. The Bertz CT molecular complexity index is 396. The Kier molecular flexibility index (Phi) is 5.03. The molecule has 0 atom stereocenters. The first-order valence-electron chi connectivity index (χ1n) is 5.34. The maximum absolute atomic E-state index is 13.3. The highest BCUT2D eigenvalue weighted by Gasteiger charge is 2.09. The molecule has 1 N–H and O–H groups in total. The van der Waals surface area contributed by atoms with Gasteiger partial charge in [-0.1, -0.05) is 12.1 Å². The van der Waals surface area contributed by atoms with E-state index in [2.05, 4.69) is 0 Å². The van der Waals surface area contributed by atoms with E-state index < -0.39 is 17.6 Å². The van der Waals surface area contributed by atoms with Crippen molar-refractivity contribution in [3.8, 4) is 0 Å². The van der Waals surface area contributed by atoms with E-state index >= 15 is 0 Å². The highest BCUT2D eigenvalue weighted by molar-refractivity contribution is 5.66. The molecule has 1 aromatic rings. The van der Waals surface area contributed by atoms with Crippen LogP contribution in [0, 0.1) is 11.6 Å². The molecule has 0 aliphatic heterocycles. The lowest BCUT2D eigenvalue weighted by molar-refractivity contribution is -0.137. The van der Waals surface area contributed by atoms with E-state index in [9.17, 15) is 13.6 Å². The Morgan fingerprint density at radius 1 is 1.41 bits per heavy atom. The third-order valence-corrected chi connectivity index (χ3v) is 2.40. The monoisotopic (exact) mass is 243 g/mol. The second kappa shape index (κ2) is 6.30. The van der Waals surface area contributed by atoms with Crippen LogP contribution < -0.4 is 0 Å². The molecule has 0 radical (unpaired) electrons. The molecular formula is C12H15F2NO2. The van der Waals surface area contributed by atoms with Crippen LogP contribution in [0.2, 0.25) is 0 Å². The number of nitrogens with zero attached hydrogens (tertiary/aromatic N) is 1. The Morgan fingerprint density at radius 3 is 2.76 bits per heavy atom. The van der Waals surface area contributed by atoms with Gasteiger partial charge in [0.2, 0.25) is 0 Å². The zero-order chi connectivity index (χ0) is 12.8. The van der Waals surface area contributed by atoms with E-state index in [1.165, 1.54) is 12.1 Å². The number of carbonyl (C=O) groups is 1. The smallest absolute Gasteiger partial charge is 0.303 e. The molecule has 0 unspecified atom stereocenters. The highest BCUT2D eigenvalue weighted by Crippen LogP contribution is 2.13. The van der Waals surface area contributed by atoms with E-state index in [0.717, 1.165) is 6.07 Å². The van der Waals surface area contributed by atoms with Gasteiger partial charge in [-0.25, -0.2) is 8.78 Å². The third kappa shape index (κ3) is 4.48. The van der Waals surface area contributed by atoms with Crippen LogP contribution in [-0.4, -0.2) is 29.6 Å². The molecule has 17 heavy (non-hydrogen) atoms. The number of carboxylic acid groups (broad SMARTS) is 1. The van der Waals surface area contributed by atoms with Crippen molar-refractivity contribution in [1.29, 1.82) is 0 Å². The molecule has 0 aliphatic rings. The van der Waals surface area contributed by atoms with Crippen LogP contribution >= 0.6 is 0 Å². The molecule has 1 aromatic carbocycles. The van der Waals surface area contributed by atoms with Gasteiger partial charge in [0.05, 0.1) is 0 Å². The van der Waals surface area contributed by atoms with Crippen molar-refractivity contribution in [3.05, 3.63) is 35.4 Å². The highest BCUT2D eigenvalue weighted by atomic mass is 19.2. The van der Waals surface area contributed by atoms with Gasteiger partial charge in [0.1, 0.15) is 0 Å². The number of benzene rings is 1. The number of hydrogen-bond donors (Lipinski definition) is 1. The molecule has 0 amide bonds. The summed E-state index contributed by atoms with van der Waals surface area (Å²) in [5.41, 5.74) is 0.280. The van der Waals surface area contributed by atoms with E-state index in [-0.39, 0.29) is 18.5 Å². The van der Waals surface area contributed by atoms with Gasteiger partial charge in [-0.05, 0) is 26.1 Å². The lowest BCUT2D eigenvalue weighted by Gasteiger charge is -2.16. The van der Waals surface area contributed by atoms with Crippen molar-refractivity contribution >= 4 is 5.97 Å². The summed E-state index contributed by atoms with van der Waals surface area (Å²) in [6.45, 7) is 0.797. The number of hydrogen-bond acceptors (Lipinski definition) is 2. The van der Waals surface area contributed by atoms with E-state index in [4.69, 9.17) is 5.11 Å². The first kappa shape index (κ1) is 13.6. The van der Waals surface area contributed by atoms with Gasteiger partial charge >= 0.3 is 5.97 Å². The molecule has 0 saturated carbocycles. The van der Waals surface area contributed by atoms with Gasteiger partial charge < -0.3 is 10.0 Å². The van der Waals surface area contributed by atoms with E-state index in [0.29, 0.717) is 13.0 Å². The number of rotatable bonds is 6. The van der Waals surface area contributed by atoms with Gasteiger partial charge in [-0.2, -0.15) is 0 Å². The Morgan fingerprint density at radius 2 is 2.12 bits per heavy atom. The Balaban J connectivity index is 2.47. The topological polar surface area (TPSA) is 40.5 Å². The van der Waals surface area contributed by atoms with E-state index in [1.807, 2.05) is 0 Å². The Labute approximate surface area is 98.7 Å². The molecule has 0 aliphatic carbocycles. The summed E-state index contributed by atoms with van der Waals surface area (Å²) in [6.07, 6.45) is 0.568. The molecule has 0 heterocycles. The lowest BCUT2D eigenvalue weighted by atomic mass is 10.2. The third-order valence-electron chi connectivity index (χ3n) is 2.40. The summed E-state index contributed by atoms with van der Waals surface area (Å²) in [5.74, 6) is -2.55. The summed E-state index contributed by atoms with van der Waals surface area (Å²) < 4.78 is 26.2. The predicted molar refractivity (Wildman–Crippen MR) is 59.6 cm³/mol. The van der Waals surface area contributed by atoms with Crippen LogP contribution in [-0.2, 0) is 11.3 Å². The first-order valence-corrected chi connectivity index (χ1v) is 5.34. The SMILES string of the molecule is CN(CCCC(=O)O)Cc1cccc(F)c1F. The van der Waals surface area contributed by atoms with Gasteiger partial charge in [-0.15, -0.1) is 0 Å². The molecule has 0 spiro atoms. The quantitative estimate of drug-likeness (QED) is 0.833. The first-order chi connectivity index (χ1) is 8.00. The molecule has 5 heteroatoms. The Hall–Kier alpha value is -1.49. The van der Waals surface area contributed by atoms with Crippen molar-refractivity contribution < 1.29 is 18.7 Å². The maximum atomic E-state index is 13.3. The normalized spacial score (nSPS) is 10.8. The minimum Gasteiger partial charge on any atom is -0.481 e. The van der Waals surface area contributed by atoms with Crippen LogP contribution in [0.3, 0.4) is 0 Å². The largest absolute Gasteiger partial charge is 0.481 e. The minimum atomic E-state index is -0.860. The van der Waals surface area contributed by atoms with Crippen LogP contribution in [0.5, 0.6) is 0 Å². The average Bonchev–Trinajstić information content (AvgIpc) is 2.24.